The summed E-state index contributed by atoms with van der Waals surface area (Å²) < 4.78 is 11.3. The summed E-state index contributed by atoms with van der Waals surface area (Å²) in [5.41, 5.74) is 1.33. The molecule has 2 aromatic rings. The van der Waals surface area contributed by atoms with E-state index in [9.17, 15) is 9.59 Å². The number of thioether (sulfide) groups is 1. The number of nitrogens with one attached hydrogen (secondary N) is 1. The number of carbonyl (C=O) groups excluding carboxylic acids is 2. The first-order valence-corrected chi connectivity index (χ1v) is 10.3. The highest BCUT2D eigenvalue weighted by molar-refractivity contribution is 9.10. The lowest BCUT2D eigenvalue weighted by molar-refractivity contribution is -0.118. The van der Waals surface area contributed by atoms with Crippen LogP contribution in [0.2, 0.25) is 0 Å². The predicted molar refractivity (Wildman–Crippen MR) is 117 cm³/mol. The van der Waals surface area contributed by atoms with Crippen molar-refractivity contribution >= 4 is 50.8 Å². The van der Waals surface area contributed by atoms with Crippen LogP contribution in [-0.4, -0.2) is 42.5 Å². The quantitative estimate of drug-likeness (QED) is 0.374. The molecule has 0 bridgehead atoms. The molecule has 3 rings (SSSR count). The number of carbonyl (C=O) groups is 2. The molecule has 1 saturated heterocycles. The van der Waals surface area contributed by atoms with Gasteiger partial charge in [0, 0.05) is 16.5 Å². The summed E-state index contributed by atoms with van der Waals surface area (Å²) in [7, 11) is 3.12. The number of Topliss-reactive ketones (excluding diaryl/α,β-unsaturated/α-hetero) is 1. The molecule has 9 heteroatoms. The van der Waals surface area contributed by atoms with E-state index in [4.69, 9.17) is 9.47 Å². The van der Waals surface area contributed by atoms with E-state index in [-0.39, 0.29) is 18.1 Å². The Kier molecular flexibility index (Phi) is 7.05. The third-order valence-electron chi connectivity index (χ3n) is 4.08. The molecule has 0 saturated carbocycles. The molecular formula is C20H18BrN3O4S. The maximum absolute atomic E-state index is 12.4. The summed E-state index contributed by atoms with van der Waals surface area (Å²) in [6.45, 7) is 0. The number of ether oxygens (including phenoxy) is 2. The summed E-state index contributed by atoms with van der Waals surface area (Å²) in [5.74, 6) is 0.854. The average molecular weight is 476 g/mol. The summed E-state index contributed by atoms with van der Waals surface area (Å²) >= 11 is 4.53. The van der Waals surface area contributed by atoms with Crippen molar-refractivity contribution in [3.8, 4) is 11.5 Å². The molecule has 1 N–H and O–H groups in total. The minimum Gasteiger partial charge on any atom is -0.493 e. The van der Waals surface area contributed by atoms with Gasteiger partial charge in [0.15, 0.2) is 22.4 Å². The number of nitrogens with zero attached hydrogens (tertiary/aromatic N) is 2. The number of amidine groups is 1. The minimum absolute atomic E-state index is 0.0938. The normalized spacial score (nSPS) is 17.6. The molecule has 1 unspecified atom stereocenters. The zero-order chi connectivity index (χ0) is 20.8. The smallest absolute Gasteiger partial charge is 0.240 e. The lowest BCUT2D eigenvalue weighted by atomic mass is 10.1. The van der Waals surface area contributed by atoms with E-state index in [1.807, 2.05) is 6.07 Å². The largest absolute Gasteiger partial charge is 0.493 e. The van der Waals surface area contributed by atoms with Crippen LogP contribution < -0.4 is 14.8 Å². The first kappa shape index (κ1) is 21.1. The number of ketones is 1. The van der Waals surface area contributed by atoms with Gasteiger partial charge in [-0.15, -0.1) is 5.10 Å². The number of hydrogen-bond acceptors (Lipinski definition) is 7. The minimum atomic E-state index is -0.527. The van der Waals surface area contributed by atoms with Crippen LogP contribution in [0.15, 0.2) is 57.1 Å². The van der Waals surface area contributed by atoms with Gasteiger partial charge in [-0.1, -0.05) is 39.8 Å². The first-order valence-electron chi connectivity index (χ1n) is 8.59. The van der Waals surface area contributed by atoms with E-state index >= 15 is 0 Å². The van der Waals surface area contributed by atoms with Gasteiger partial charge in [-0.2, -0.15) is 5.10 Å². The number of hydrogen-bond donors (Lipinski definition) is 1. The Balaban J connectivity index is 1.62. The van der Waals surface area contributed by atoms with Crippen molar-refractivity contribution in [2.24, 2.45) is 10.2 Å². The van der Waals surface area contributed by atoms with Gasteiger partial charge in [-0.3, -0.25) is 9.59 Å². The molecule has 2 aromatic carbocycles. The molecule has 150 valence electrons. The molecular weight excluding hydrogens is 458 g/mol. The number of halogens is 1. The van der Waals surface area contributed by atoms with E-state index in [0.717, 1.165) is 10.0 Å². The van der Waals surface area contributed by atoms with Gasteiger partial charge in [0.05, 0.1) is 25.7 Å². The molecule has 1 aliphatic rings. The molecule has 0 aliphatic carbocycles. The lowest BCUT2D eigenvalue weighted by Crippen LogP contribution is -2.26. The average Bonchev–Trinajstić information content (AvgIpc) is 3.07. The summed E-state index contributed by atoms with van der Waals surface area (Å²) in [5, 5.41) is 10.5. The Morgan fingerprint density at radius 2 is 1.90 bits per heavy atom. The van der Waals surface area contributed by atoms with Gasteiger partial charge in [-0.05, 0) is 35.9 Å². The first-order chi connectivity index (χ1) is 14.0. The fourth-order valence-corrected chi connectivity index (χ4v) is 3.78. The Hall–Kier alpha value is -2.65. The van der Waals surface area contributed by atoms with E-state index in [0.29, 0.717) is 22.2 Å². The molecule has 0 aromatic heterocycles. The van der Waals surface area contributed by atoms with Crippen LogP contribution in [0.4, 0.5) is 0 Å². The summed E-state index contributed by atoms with van der Waals surface area (Å²) in [6.07, 6.45) is 1.64. The van der Waals surface area contributed by atoms with Gasteiger partial charge in [0.1, 0.15) is 0 Å². The van der Waals surface area contributed by atoms with Gasteiger partial charge >= 0.3 is 0 Å². The molecule has 1 aliphatic heterocycles. The zero-order valence-electron chi connectivity index (χ0n) is 15.7. The Morgan fingerprint density at radius 3 is 2.59 bits per heavy atom. The Morgan fingerprint density at radius 1 is 1.17 bits per heavy atom. The molecule has 1 fully saturated rings. The highest BCUT2D eigenvalue weighted by atomic mass is 79.9. The molecule has 7 nitrogen and oxygen atoms in total. The van der Waals surface area contributed by atoms with Gasteiger partial charge in [0.2, 0.25) is 5.91 Å². The van der Waals surface area contributed by atoms with Gasteiger partial charge < -0.3 is 14.8 Å². The fraction of sp³-hybridized carbons (Fsp3) is 0.200. The predicted octanol–water partition coefficient (Wildman–Crippen LogP) is 3.66. The standard InChI is InChI=1S/C20H18BrN3O4S/c1-27-16-8-3-12(9-17(16)28-2)11-22-24-20-23-19(26)18(29-20)10-15(25)13-4-6-14(21)7-5-13/h3-9,11,18H,10H2,1-2H3,(H,23,24,26). The van der Waals surface area contributed by atoms with Crippen molar-refractivity contribution in [2.75, 3.05) is 14.2 Å². The van der Waals surface area contributed by atoms with Crippen LogP contribution in [0.1, 0.15) is 22.3 Å². The van der Waals surface area contributed by atoms with Crippen LogP contribution in [0.5, 0.6) is 11.5 Å². The second-order valence-electron chi connectivity index (χ2n) is 5.99. The lowest BCUT2D eigenvalue weighted by Gasteiger charge is -2.07. The molecule has 29 heavy (non-hydrogen) atoms. The Bertz CT molecular complexity index is 976. The topological polar surface area (TPSA) is 89.4 Å². The van der Waals surface area contributed by atoms with Crippen molar-refractivity contribution in [3.05, 3.63) is 58.1 Å². The number of benzene rings is 2. The molecule has 0 spiro atoms. The SMILES string of the molecule is COc1ccc(C=NN=C2NC(=O)C(CC(=O)c3ccc(Br)cc3)S2)cc1OC. The van der Waals surface area contributed by atoms with E-state index < -0.39 is 5.25 Å². The van der Waals surface area contributed by atoms with Crippen molar-refractivity contribution in [1.29, 1.82) is 0 Å². The third-order valence-corrected chi connectivity index (χ3v) is 5.68. The second-order valence-corrected chi connectivity index (χ2v) is 8.10. The van der Waals surface area contributed by atoms with Crippen molar-refractivity contribution in [1.82, 2.24) is 5.32 Å². The Labute approximate surface area is 180 Å². The highest BCUT2D eigenvalue weighted by Gasteiger charge is 2.32. The summed E-state index contributed by atoms with van der Waals surface area (Å²) in [4.78, 5) is 24.5. The number of methoxy groups -OCH3 is 2. The molecule has 1 amide bonds. The molecule has 0 radical (unpaired) electrons. The van der Waals surface area contributed by atoms with Crippen molar-refractivity contribution in [2.45, 2.75) is 11.7 Å². The van der Waals surface area contributed by atoms with Gasteiger partial charge in [-0.25, -0.2) is 0 Å². The highest BCUT2D eigenvalue weighted by Crippen LogP contribution is 2.27. The van der Waals surface area contributed by atoms with Crippen LogP contribution in [0, 0.1) is 0 Å². The third kappa shape index (κ3) is 5.45. The van der Waals surface area contributed by atoms with Crippen molar-refractivity contribution < 1.29 is 19.1 Å². The van der Waals surface area contributed by atoms with E-state index in [1.165, 1.54) is 11.8 Å². The van der Waals surface area contributed by atoms with Crippen LogP contribution in [0.3, 0.4) is 0 Å². The second kappa shape index (κ2) is 9.71. The fourth-order valence-electron chi connectivity index (χ4n) is 2.59. The monoisotopic (exact) mass is 475 g/mol. The van der Waals surface area contributed by atoms with Crippen LogP contribution >= 0.6 is 27.7 Å². The molecule has 1 heterocycles. The zero-order valence-corrected chi connectivity index (χ0v) is 18.1. The number of amides is 1. The van der Waals surface area contributed by atoms with Gasteiger partial charge in [0.25, 0.3) is 0 Å². The maximum atomic E-state index is 12.4. The van der Waals surface area contributed by atoms with Crippen LogP contribution in [-0.2, 0) is 4.79 Å². The van der Waals surface area contributed by atoms with Crippen molar-refractivity contribution in [3.63, 3.8) is 0 Å². The summed E-state index contributed by atoms with van der Waals surface area (Å²) in [6, 6.07) is 12.4. The molecule has 1 atom stereocenters. The maximum Gasteiger partial charge on any atom is 0.240 e. The van der Waals surface area contributed by atoms with E-state index in [2.05, 4.69) is 31.4 Å². The number of rotatable bonds is 7. The van der Waals surface area contributed by atoms with E-state index in [1.54, 1.807) is 56.8 Å². The van der Waals surface area contributed by atoms with Crippen LogP contribution in [0.25, 0.3) is 0 Å².